The molecule has 0 amide bonds. The van der Waals surface area contributed by atoms with Crippen molar-refractivity contribution in [2.45, 2.75) is 107 Å². The Morgan fingerprint density at radius 1 is 1.15 bits per heavy atom. The van der Waals surface area contributed by atoms with E-state index in [2.05, 4.69) is 4.90 Å². The molecule has 4 fully saturated rings. The first-order valence-corrected chi connectivity index (χ1v) is 15.6. The van der Waals surface area contributed by atoms with Crippen molar-refractivity contribution in [3.63, 3.8) is 0 Å². The van der Waals surface area contributed by atoms with E-state index in [0.717, 1.165) is 56.3 Å². The molecule has 0 unspecified atom stereocenters. The smallest absolute Gasteiger partial charge is 0.308 e. The molecule has 2 aromatic rings. The van der Waals surface area contributed by atoms with Crippen molar-refractivity contribution in [2.75, 3.05) is 13.1 Å². The van der Waals surface area contributed by atoms with E-state index >= 15 is 0 Å². The number of rotatable bonds is 5. The molecule has 1 spiro atoms. The summed E-state index contributed by atoms with van der Waals surface area (Å²) in [5.41, 5.74) is 2.28. The van der Waals surface area contributed by atoms with Crippen molar-refractivity contribution in [3.05, 3.63) is 40.5 Å². The van der Waals surface area contributed by atoms with Gasteiger partial charge in [0, 0.05) is 36.7 Å². The predicted molar refractivity (Wildman–Crippen MR) is 152 cm³/mol. The van der Waals surface area contributed by atoms with Crippen LogP contribution in [0, 0.1) is 5.92 Å². The second-order valence-corrected chi connectivity index (χ2v) is 13.5. The number of piperidine rings is 1. The van der Waals surface area contributed by atoms with Crippen LogP contribution in [0.1, 0.15) is 93.9 Å². The molecule has 8 nitrogen and oxygen atoms in total. The molecule has 0 radical (unpaired) electrons. The summed E-state index contributed by atoms with van der Waals surface area (Å²) in [5.74, 6) is 1.27. The molecule has 1 aromatic heterocycles. The van der Waals surface area contributed by atoms with E-state index in [1.165, 1.54) is 31.8 Å². The molecule has 3 heterocycles. The molecule has 3 saturated carbocycles. The minimum atomic E-state index is -1.03. The standard InChI is InChI=1S/C33H40N2O6/c1-19(36)40-25-10-9-22-16-26-33(39)12-11-24(35-27(37)17-23(31(35)38)15-20-5-3-2-4-6-20)30-32(33,28(22)29(25)41-30)13-14-34(26)18-21-7-8-21/h9-10,15,17,21,24,26,30,37-39H,2-8,11-14,16,18H2,1H3/t24-,26-,30+,32+,33-/m1/s1. The highest BCUT2D eigenvalue weighted by molar-refractivity contribution is 5.73. The van der Waals surface area contributed by atoms with E-state index < -0.39 is 29.1 Å². The molecule has 1 aromatic carbocycles. The van der Waals surface area contributed by atoms with E-state index in [-0.39, 0.29) is 17.8 Å². The van der Waals surface area contributed by atoms with Crippen LogP contribution in [0.5, 0.6) is 23.3 Å². The summed E-state index contributed by atoms with van der Waals surface area (Å²) in [7, 11) is 0. The number of nitrogens with zero attached hydrogens (tertiary/aromatic N) is 2. The maximum atomic E-state index is 12.8. The highest BCUT2D eigenvalue weighted by atomic mass is 16.6. The second-order valence-electron chi connectivity index (χ2n) is 13.5. The van der Waals surface area contributed by atoms with E-state index in [4.69, 9.17) is 9.47 Å². The van der Waals surface area contributed by atoms with Crippen LogP contribution >= 0.6 is 0 Å². The first kappa shape index (κ1) is 25.7. The van der Waals surface area contributed by atoms with Gasteiger partial charge in [-0.15, -0.1) is 0 Å². The quantitative estimate of drug-likeness (QED) is 0.350. The highest BCUT2D eigenvalue weighted by Gasteiger charge is 2.73. The van der Waals surface area contributed by atoms with E-state index in [9.17, 15) is 20.1 Å². The normalized spacial score (nSPS) is 33.7. The topological polar surface area (TPSA) is 104 Å². The van der Waals surface area contributed by atoms with Crippen LogP contribution in [0.3, 0.4) is 0 Å². The van der Waals surface area contributed by atoms with Gasteiger partial charge in [-0.3, -0.25) is 14.3 Å². The lowest BCUT2D eigenvalue weighted by atomic mass is 9.48. The third kappa shape index (κ3) is 3.62. The van der Waals surface area contributed by atoms with Crippen molar-refractivity contribution in [2.24, 2.45) is 5.92 Å². The summed E-state index contributed by atoms with van der Waals surface area (Å²) in [4.78, 5) is 14.6. The number of carbonyl (C=O) groups is 1. The minimum absolute atomic E-state index is 0.00974. The van der Waals surface area contributed by atoms with Gasteiger partial charge in [-0.1, -0.05) is 24.1 Å². The fourth-order valence-corrected chi connectivity index (χ4v) is 9.27. The summed E-state index contributed by atoms with van der Waals surface area (Å²) in [5, 5.41) is 35.6. The SMILES string of the molecule is CC(=O)Oc1ccc2c3c1O[C@H]1[C@H](n4c(O)cc(C=C5CCCCC5)c4O)CC[C@@]4(O)[C@@H](C2)N(CC2CC2)CC[C@]314. The average molecular weight is 561 g/mol. The van der Waals surface area contributed by atoms with Crippen molar-refractivity contribution in [3.8, 4) is 23.3 Å². The van der Waals surface area contributed by atoms with Gasteiger partial charge >= 0.3 is 5.97 Å². The summed E-state index contributed by atoms with van der Waals surface area (Å²) in [6.45, 7) is 3.26. The van der Waals surface area contributed by atoms with Gasteiger partial charge < -0.3 is 24.8 Å². The minimum Gasteiger partial charge on any atom is -0.494 e. The van der Waals surface area contributed by atoms with E-state index in [1.807, 2.05) is 18.2 Å². The van der Waals surface area contributed by atoms with Crippen LogP contribution < -0.4 is 9.47 Å². The molecule has 41 heavy (non-hydrogen) atoms. The lowest BCUT2D eigenvalue weighted by Gasteiger charge is -2.64. The lowest BCUT2D eigenvalue weighted by molar-refractivity contribution is -0.196. The Morgan fingerprint density at radius 3 is 2.71 bits per heavy atom. The highest BCUT2D eigenvalue weighted by Crippen LogP contribution is 2.68. The van der Waals surface area contributed by atoms with Crippen LogP contribution in [0.2, 0.25) is 0 Å². The van der Waals surface area contributed by atoms with E-state index in [1.54, 1.807) is 10.6 Å². The Hall–Kier alpha value is -2.97. The Kier molecular flexibility index (Phi) is 5.65. The van der Waals surface area contributed by atoms with Crippen molar-refractivity contribution in [1.82, 2.24) is 9.47 Å². The van der Waals surface area contributed by atoms with E-state index in [0.29, 0.717) is 42.2 Å². The van der Waals surface area contributed by atoms with Crippen LogP contribution in [0.4, 0.5) is 0 Å². The zero-order chi connectivity index (χ0) is 28.1. The summed E-state index contributed by atoms with van der Waals surface area (Å²) >= 11 is 0. The van der Waals surface area contributed by atoms with Crippen LogP contribution in [0.15, 0.2) is 23.8 Å². The molecule has 8 rings (SSSR count). The van der Waals surface area contributed by atoms with Gasteiger partial charge in [0.25, 0.3) is 0 Å². The number of allylic oxidation sites excluding steroid dienone is 1. The predicted octanol–water partition coefficient (Wildman–Crippen LogP) is 4.98. The van der Waals surface area contributed by atoms with Gasteiger partial charge in [0.1, 0.15) is 6.10 Å². The van der Waals surface area contributed by atoms with Gasteiger partial charge in [-0.25, -0.2) is 0 Å². The van der Waals surface area contributed by atoms with Crippen LogP contribution in [0.25, 0.3) is 6.08 Å². The summed E-state index contributed by atoms with van der Waals surface area (Å²) < 4.78 is 14.1. The number of ether oxygens (including phenoxy) is 2. The zero-order valence-corrected chi connectivity index (χ0v) is 23.8. The number of carbonyl (C=O) groups excluding carboxylic acids is 1. The molecule has 2 bridgehead atoms. The van der Waals surface area contributed by atoms with Gasteiger partial charge in [-0.05, 0) is 88.3 Å². The Morgan fingerprint density at radius 2 is 1.95 bits per heavy atom. The lowest BCUT2D eigenvalue weighted by Crippen LogP contribution is -2.76. The molecule has 2 aliphatic heterocycles. The maximum absolute atomic E-state index is 12.8. The monoisotopic (exact) mass is 560 g/mol. The molecule has 4 aliphatic carbocycles. The van der Waals surface area contributed by atoms with Crippen molar-refractivity contribution < 1.29 is 29.6 Å². The molecule has 218 valence electrons. The number of aromatic hydroxyl groups is 2. The Balaban J connectivity index is 1.25. The first-order valence-electron chi connectivity index (χ1n) is 15.6. The van der Waals surface area contributed by atoms with Crippen molar-refractivity contribution >= 4 is 12.0 Å². The number of benzene rings is 1. The van der Waals surface area contributed by atoms with Gasteiger partial charge in [-0.2, -0.15) is 0 Å². The Bertz CT molecular complexity index is 1450. The van der Waals surface area contributed by atoms with Gasteiger partial charge in [0.15, 0.2) is 17.4 Å². The summed E-state index contributed by atoms with van der Waals surface area (Å²) in [6, 6.07) is 5.10. The number of aliphatic hydroxyl groups is 1. The summed E-state index contributed by atoms with van der Waals surface area (Å²) in [6.07, 6.45) is 12.1. The third-order valence-electron chi connectivity index (χ3n) is 11.2. The van der Waals surface area contributed by atoms with Gasteiger partial charge in [0.2, 0.25) is 5.88 Å². The fourth-order valence-electron chi connectivity index (χ4n) is 9.27. The molecule has 3 N–H and O–H groups in total. The molecule has 1 saturated heterocycles. The average Bonchev–Trinajstić information content (AvgIpc) is 3.63. The van der Waals surface area contributed by atoms with Crippen LogP contribution in [-0.2, 0) is 16.6 Å². The third-order valence-corrected chi connectivity index (χ3v) is 11.2. The zero-order valence-electron chi connectivity index (χ0n) is 23.8. The fraction of sp³-hybridized carbons (Fsp3) is 0.606. The molecular weight excluding hydrogens is 520 g/mol. The molecule has 5 atom stereocenters. The first-order chi connectivity index (χ1) is 19.8. The van der Waals surface area contributed by atoms with Crippen LogP contribution in [-0.4, -0.2) is 61.6 Å². The molecule has 6 aliphatic rings. The van der Waals surface area contributed by atoms with Gasteiger partial charge in [0.05, 0.1) is 17.1 Å². The number of likely N-dealkylation sites (tertiary alicyclic amines) is 1. The van der Waals surface area contributed by atoms with Crippen molar-refractivity contribution in [1.29, 1.82) is 0 Å². The number of hydrogen-bond acceptors (Lipinski definition) is 7. The molecular formula is C33H40N2O6. The number of esters is 1. The largest absolute Gasteiger partial charge is 0.494 e. The second kappa shape index (κ2) is 9.01. The maximum Gasteiger partial charge on any atom is 0.308 e. The number of hydrogen-bond donors (Lipinski definition) is 3. The Labute approximate surface area is 240 Å². The number of aromatic nitrogens is 1. The molecule has 8 heteroatoms.